The summed E-state index contributed by atoms with van der Waals surface area (Å²) in [6.45, 7) is 8.42. The monoisotopic (exact) mass is 386 g/mol. The fourth-order valence-electron chi connectivity index (χ4n) is 3.40. The summed E-state index contributed by atoms with van der Waals surface area (Å²) >= 11 is 0. The number of hydrogen-bond acceptors (Lipinski definition) is 2. The molecule has 0 saturated heterocycles. The van der Waals surface area contributed by atoms with Gasteiger partial charge in [-0.2, -0.15) is 13.2 Å². The minimum Gasteiger partial charge on any atom is -0.389 e. The van der Waals surface area contributed by atoms with Gasteiger partial charge in [-0.05, 0) is 57.9 Å². The van der Waals surface area contributed by atoms with Gasteiger partial charge in [-0.1, -0.05) is 49.6 Å². The third kappa shape index (κ3) is 8.46. The molecule has 154 valence electrons. The quantitative estimate of drug-likeness (QED) is 0.481. The number of aliphatic hydroxyl groups is 1. The van der Waals surface area contributed by atoms with E-state index in [-0.39, 0.29) is 6.42 Å². The predicted molar refractivity (Wildman–Crippen MR) is 103 cm³/mol. The number of ketones is 1. The zero-order valence-corrected chi connectivity index (χ0v) is 16.9. The number of carbonyl (C=O) groups is 1. The predicted octanol–water partition coefficient (Wildman–Crippen LogP) is 6.17. The van der Waals surface area contributed by atoms with Gasteiger partial charge in [0, 0.05) is 5.92 Å². The van der Waals surface area contributed by atoms with E-state index in [4.69, 9.17) is 0 Å². The molecule has 1 aliphatic rings. The minimum atomic E-state index is -4.63. The first-order chi connectivity index (χ1) is 12.5. The third-order valence-electron chi connectivity index (χ3n) is 5.11. The number of rotatable bonds is 9. The standard InChI is InChI=1S/C22H33F3O2/c1-15(2)7-5-8-16(3)9-6-10-17(4)11-12-18-19(26)13-14-20(27)21(18)22(23,24)25/h9,11,13-15,18-19,21,26H,5-8,10,12H2,1-4H3/b16-9+,17-11+/t18-,19?,21?/m1/s1. The Bertz CT molecular complexity index is 571. The molecule has 2 unspecified atom stereocenters. The topological polar surface area (TPSA) is 37.3 Å². The Hall–Kier alpha value is -1.36. The van der Waals surface area contributed by atoms with Crippen molar-refractivity contribution in [1.82, 2.24) is 0 Å². The number of hydrogen-bond donors (Lipinski definition) is 1. The molecule has 2 nitrogen and oxygen atoms in total. The molecule has 27 heavy (non-hydrogen) atoms. The van der Waals surface area contributed by atoms with Gasteiger partial charge in [0.25, 0.3) is 0 Å². The highest BCUT2D eigenvalue weighted by Gasteiger charge is 2.51. The van der Waals surface area contributed by atoms with Gasteiger partial charge in [0.1, 0.15) is 5.92 Å². The molecule has 1 N–H and O–H groups in total. The summed E-state index contributed by atoms with van der Waals surface area (Å²) in [7, 11) is 0. The van der Waals surface area contributed by atoms with Crippen LogP contribution in [-0.2, 0) is 4.79 Å². The van der Waals surface area contributed by atoms with Crippen LogP contribution < -0.4 is 0 Å². The summed E-state index contributed by atoms with van der Waals surface area (Å²) in [5.41, 5.74) is 2.33. The molecule has 3 atom stereocenters. The van der Waals surface area contributed by atoms with Gasteiger partial charge in [0.2, 0.25) is 0 Å². The molecule has 1 aliphatic carbocycles. The van der Waals surface area contributed by atoms with Gasteiger partial charge < -0.3 is 5.11 Å². The van der Waals surface area contributed by atoms with Gasteiger partial charge in [0.15, 0.2) is 5.78 Å². The second kappa shape index (κ2) is 10.8. The summed E-state index contributed by atoms with van der Waals surface area (Å²) in [5.74, 6) is -3.53. The maximum Gasteiger partial charge on any atom is 0.399 e. The normalized spacial score (nSPS) is 24.8. The first kappa shape index (κ1) is 23.7. The highest BCUT2D eigenvalue weighted by Crippen LogP contribution is 2.39. The molecular weight excluding hydrogens is 353 g/mol. The first-order valence-corrected chi connectivity index (χ1v) is 9.80. The van der Waals surface area contributed by atoms with E-state index in [0.717, 1.165) is 30.9 Å². The lowest BCUT2D eigenvalue weighted by Crippen LogP contribution is -2.43. The molecule has 0 aromatic heterocycles. The Morgan fingerprint density at radius 2 is 1.81 bits per heavy atom. The highest BCUT2D eigenvalue weighted by atomic mass is 19.4. The zero-order valence-electron chi connectivity index (χ0n) is 16.9. The van der Waals surface area contributed by atoms with Crippen molar-refractivity contribution in [3.63, 3.8) is 0 Å². The molecule has 0 radical (unpaired) electrons. The van der Waals surface area contributed by atoms with Gasteiger partial charge >= 0.3 is 6.18 Å². The zero-order chi connectivity index (χ0) is 20.6. The Morgan fingerprint density at radius 3 is 2.41 bits per heavy atom. The van der Waals surface area contributed by atoms with Crippen LogP contribution in [0.5, 0.6) is 0 Å². The fourth-order valence-corrected chi connectivity index (χ4v) is 3.40. The Kier molecular flexibility index (Phi) is 9.51. The van der Waals surface area contributed by atoms with E-state index in [1.54, 1.807) is 6.08 Å². The number of allylic oxidation sites excluding steroid dienone is 5. The molecule has 0 aromatic rings. The van der Waals surface area contributed by atoms with Gasteiger partial charge in [-0.25, -0.2) is 0 Å². The molecule has 5 heteroatoms. The van der Waals surface area contributed by atoms with E-state index >= 15 is 0 Å². The molecule has 0 heterocycles. The van der Waals surface area contributed by atoms with Gasteiger partial charge in [0.05, 0.1) is 6.10 Å². The fraction of sp³-hybridized carbons (Fsp3) is 0.682. The SMILES string of the molecule is C/C(=C\C[C@@H]1C(O)C=CC(=O)C1C(F)(F)F)CC/C=C(\C)CCCC(C)C. The van der Waals surface area contributed by atoms with Gasteiger partial charge in [-0.15, -0.1) is 0 Å². The molecule has 0 fully saturated rings. The summed E-state index contributed by atoms with van der Waals surface area (Å²) in [6, 6.07) is 0. The van der Waals surface area contributed by atoms with E-state index in [2.05, 4.69) is 26.8 Å². The summed E-state index contributed by atoms with van der Waals surface area (Å²) in [4.78, 5) is 11.7. The lowest BCUT2D eigenvalue weighted by atomic mass is 9.77. The van der Waals surface area contributed by atoms with Crippen LogP contribution in [0.1, 0.15) is 66.2 Å². The number of carbonyl (C=O) groups excluding carboxylic acids is 1. The van der Waals surface area contributed by atoms with E-state index in [0.29, 0.717) is 5.92 Å². The van der Waals surface area contributed by atoms with E-state index < -0.39 is 29.9 Å². The van der Waals surface area contributed by atoms with E-state index in [1.807, 2.05) is 6.92 Å². The molecule has 0 spiro atoms. The van der Waals surface area contributed by atoms with Crippen molar-refractivity contribution < 1.29 is 23.1 Å². The van der Waals surface area contributed by atoms with Crippen molar-refractivity contribution in [2.24, 2.45) is 17.8 Å². The molecule has 0 aromatic carbocycles. The van der Waals surface area contributed by atoms with Crippen LogP contribution in [0.2, 0.25) is 0 Å². The average molecular weight is 386 g/mol. The van der Waals surface area contributed by atoms with Crippen LogP contribution >= 0.6 is 0 Å². The number of aliphatic hydroxyl groups excluding tert-OH is 1. The molecule has 0 amide bonds. The van der Waals surface area contributed by atoms with E-state index in [1.165, 1.54) is 24.5 Å². The smallest absolute Gasteiger partial charge is 0.389 e. The second-order valence-electron chi connectivity index (χ2n) is 8.10. The van der Waals surface area contributed by atoms with Crippen LogP contribution in [-0.4, -0.2) is 23.2 Å². The largest absolute Gasteiger partial charge is 0.399 e. The highest BCUT2D eigenvalue weighted by molar-refractivity contribution is 5.93. The van der Waals surface area contributed by atoms with Crippen molar-refractivity contribution >= 4 is 5.78 Å². The Balaban J connectivity index is 2.57. The van der Waals surface area contributed by atoms with Crippen LogP contribution in [0.25, 0.3) is 0 Å². The van der Waals surface area contributed by atoms with Crippen LogP contribution in [0.4, 0.5) is 13.2 Å². The summed E-state index contributed by atoms with van der Waals surface area (Å²) in [5, 5.41) is 9.93. The van der Waals surface area contributed by atoms with Crippen molar-refractivity contribution in [2.45, 2.75) is 78.5 Å². The summed E-state index contributed by atoms with van der Waals surface area (Å²) in [6.07, 6.45) is 5.20. The molecular formula is C22H33F3O2. The van der Waals surface area contributed by atoms with Crippen LogP contribution in [0, 0.1) is 17.8 Å². The molecule has 0 saturated carbocycles. The second-order valence-corrected chi connectivity index (χ2v) is 8.10. The number of alkyl halides is 3. The lowest BCUT2D eigenvalue weighted by Gasteiger charge is -2.31. The van der Waals surface area contributed by atoms with Gasteiger partial charge in [-0.3, -0.25) is 4.79 Å². The van der Waals surface area contributed by atoms with Crippen molar-refractivity contribution in [3.8, 4) is 0 Å². The van der Waals surface area contributed by atoms with Crippen LogP contribution in [0.15, 0.2) is 35.5 Å². The minimum absolute atomic E-state index is 0.0460. The maximum atomic E-state index is 13.2. The van der Waals surface area contributed by atoms with Crippen molar-refractivity contribution in [2.75, 3.05) is 0 Å². The average Bonchev–Trinajstić information content (AvgIpc) is 2.54. The number of halogens is 3. The van der Waals surface area contributed by atoms with Crippen molar-refractivity contribution in [3.05, 3.63) is 35.5 Å². The summed E-state index contributed by atoms with van der Waals surface area (Å²) < 4.78 is 39.6. The first-order valence-electron chi connectivity index (χ1n) is 9.80. The Morgan fingerprint density at radius 1 is 1.19 bits per heavy atom. The lowest BCUT2D eigenvalue weighted by molar-refractivity contribution is -0.196. The third-order valence-corrected chi connectivity index (χ3v) is 5.11. The molecule has 0 aliphatic heterocycles. The van der Waals surface area contributed by atoms with Crippen LogP contribution in [0.3, 0.4) is 0 Å². The van der Waals surface area contributed by atoms with Crippen molar-refractivity contribution in [1.29, 1.82) is 0 Å². The van der Waals surface area contributed by atoms with E-state index in [9.17, 15) is 23.1 Å². The molecule has 0 bridgehead atoms. The molecule has 1 rings (SSSR count). The maximum absolute atomic E-state index is 13.2. The Labute approximate surface area is 161 Å².